The van der Waals surface area contributed by atoms with Crippen LogP contribution in [0.1, 0.15) is 12.5 Å². The van der Waals surface area contributed by atoms with Crippen molar-refractivity contribution < 1.29 is 9.84 Å². The van der Waals surface area contributed by atoms with Crippen LogP contribution in [0.3, 0.4) is 0 Å². The summed E-state index contributed by atoms with van der Waals surface area (Å²) in [5, 5.41) is 9.00. The first kappa shape index (κ1) is 13.0. The monoisotopic (exact) mass is 223 g/mol. The molecule has 3 nitrogen and oxygen atoms in total. The van der Waals surface area contributed by atoms with E-state index in [2.05, 4.69) is 18.0 Å². The van der Waals surface area contributed by atoms with Gasteiger partial charge in [-0.15, -0.1) is 0 Å². The van der Waals surface area contributed by atoms with Crippen LogP contribution in [-0.2, 0) is 6.54 Å². The van der Waals surface area contributed by atoms with E-state index in [0.29, 0.717) is 5.92 Å². The van der Waals surface area contributed by atoms with E-state index in [-0.39, 0.29) is 6.61 Å². The summed E-state index contributed by atoms with van der Waals surface area (Å²) in [6, 6.07) is 8.03. The molecule has 0 heterocycles. The Kier molecular flexibility index (Phi) is 5.29. The molecule has 3 heteroatoms. The number of aliphatic hydroxyl groups is 1. The van der Waals surface area contributed by atoms with Gasteiger partial charge in [0.25, 0.3) is 0 Å². The molecule has 1 N–H and O–H groups in total. The molecule has 90 valence electrons. The first-order valence-corrected chi connectivity index (χ1v) is 5.58. The van der Waals surface area contributed by atoms with E-state index < -0.39 is 0 Å². The number of aliphatic hydroxyl groups excluding tert-OH is 1. The van der Waals surface area contributed by atoms with Crippen LogP contribution in [-0.4, -0.2) is 37.3 Å². The predicted octanol–water partition coefficient (Wildman–Crippen LogP) is 1.76. The lowest BCUT2D eigenvalue weighted by atomic mass is 10.1. The van der Waals surface area contributed by atoms with Crippen molar-refractivity contribution in [2.24, 2.45) is 5.92 Å². The molecule has 0 aliphatic rings. The molecule has 0 spiro atoms. The molecule has 0 aliphatic heterocycles. The maximum Gasteiger partial charge on any atom is 0.123 e. The molecule has 0 bridgehead atoms. The van der Waals surface area contributed by atoms with Gasteiger partial charge >= 0.3 is 0 Å². The van der Waals surface area contributed by atoms with Crippen molar-refractivity contribution in [2.45, 2.75) is 13.5 Å². The van der Waals surface area contributed by atoms with Crippen molar-refractivity contribution in [1.82, 2.24) is 4.90 Å². The van der Waals surface area contributed by atoms with Gasteiger partial charge in [0.05, 0.1) is 7.11 Å². The summed E-state index contributed by atoms with van der Waals surface area (Å²) in [6.45, 7) is 4.00. The standard InChI is InChI=1S/C13H21NO2/c1-11(10-15)8-14(2)9-12-6-4-5-7-13(12)16-3/h4-7,11,15H,8-10H2,1-3H3. The van der Waals surface area contributed by atoms with Crippen molar-refractivity contribution in [3.63, 3.8) is 0 Å². The van der Waals surface area contributed by atoms with Gasteiger partial charge in [-0.05, 0) is 19.0 Å². The van der Waals surface area contributed by atoms with Crippen LogP contribution in [0.2, 0.25) is 0 Å². The number of nitrogens with zero attached hydrogens (tertiary/aromatic N) is 1. The van der Waals surface area contributed by atoms with Crippen molar-refractivity contribution in [1.29, 1.82) is 0 Å². The fraction of sp³-hybridized carbons (Fsp3) is 0.538. The Labute approximate surface area is 97.7 Å². The van der Waals surface area contributed by atoms with E-state index in [4.69, 9.17) is 9.84 Å². The van der Waals surface area contributed by atoms with Gasteiger partial charge in [0.15, 0.2) is 0 Å². The average molecular weight is 223 g/mol. The van der Waals surface area contributed by atoms with Gasteiger partial charge in [-0.1, -0.05) is 25.1 Å². The summed E-state index contributed by atoms with van der Waals surface area (Å²) in [5.41, 5.74) is 1.18. The summed E-state index contributed by atoms with van der Waals surface area (Å²) in [6.07, 6.45) is 0. The molecule has 0 fully saturated rings. The molecule has 0 saturated heterocycles. The maximum atomic E-state index is 9.00. The normalized spacial score (nSPS) is 12.8. The van der Waals surface area contributed by atoms with E-state index in [9.17, 15) is 0 Å². The van der Waals surface area contributed by atoms with Gasteiger partial charge in [0, 0.05) is 25.3 Å². The van der Waals surface area contributed by atoms with Gasteiger partial charge in [-0.3, -0.25) is 0 Å². The minimum Gasteiger partial charge on any atom is -0.496 e. The molecule has 1 unspecified atom stereocenters. The van der Waals surface area contributed by atoms with Gasteiger partial charge in [0.1, 0.15) is 5.75 Å². The zero-order valence-electron chi connectivity index (χ0n) is 10.3. The SMILES string of the molecule is COc1ccccc1CN(C)CC(C)CO. The van der Waals surface area contributed by atoms with E-state index in [1.54, 1.807) is 7.11 Å². The molecular formula is C13H21NO2. The van der Waals surface area contributed by atoms with E-state index in [1.165, 1.54) is 5.56 Å². The lowest BCUT2D eigenvalue weighted by molar-refractivity contribution is 0.187. The topological polar surface area (TPSA) is 32.7 Å². The minimum absolute atomic E-state index is 0.232. The second-order valence-electron chi connectivity index (χ2n) is 4.30. The fourth-order valence-corrected chi connectivity index (χ4v) is 1.78. The molecule has 0 saturated carbocycles. The molecule has 0 amide bonds. The van der Waals surface area contributed by atoms with Crippen LogP contribution in [0.15, 0.2) is 24.3 Å². The van der Waals surface area contributed by atoms with Gasteiger partial charge in [-0.25, -0.2) is 0 Å². The number of rotatable bonds is 6. The van der Waals surface area contributed by atoms with Gasteiger partial charge in [0.2, 0.25) is 0 Å². The van der Waals surface area contributed by atoms with E-state index >= 15 is 0 Å². The molecule has 1 aromatic rings. The zero-order valence-corrected chi connectivity index (χ0v) is 10.3. The highest BCUT2D eigenvalue weighted by atomic mass is 16.5. The van der Waals surface area contributed by atoms with Gasteiger partial charge < -0.3 is 14.7 Å². The number of ether oxygens (including phenoxy) is 1. The third-order valence-corrected chi connectivity index (χ3v) is 2.57. The number of para-hydroxylation sites is 1. The van der Waals surface area contributed by atoms with Crippen molar-refractivity contribution in [2.75, 3.05) is 27.3 Å². The van der Waals surface area contributed by atoms with Crippen molar-refractivity contribution in [3.05, 3.63) is 29.8 Å². The Balaban J connectivity index is 2.58. The summed E-state index contributed by atoms with van der Waals surface area (Å²) >= 11 is 0. The Bertz CT molecular complexity index is 315. The summed E-state index contributed by atoms with van der Waals surface area (Å²) in [7, 11) is 3.74. The smallest absolute Gasteiger partial charge is 0.123 e. The molecule has 16 heavy (non-hydrogen) atoms. The third-order valence-electron chi connectivity index (χ3n) is 2.57. The van der Waals surface area contributed by atoms with Crippen LogP contribution in [0.25, 0.3) is 0 Å². The van der Waals surface area contributed by atoms with E-state index in [0.717, 1.165) is 18.8 Å². The second-order valence-corrected chi connectivity index (χ2v) is 4.30. The number of benzene rings is 1. The molecule has 1 aromatic carbocycles. The molecule has 0 radical (unpaired) electrons. The Morgan fingerprint density at radius 2 is 2.06 bits per heavy atom. The van der Waals surface area contributed by atoms with Crippen LogP contribution < -0.4 is 4.74 Å². The minimum atomic E-state index is 0.232. The molecule has 1 atom stereocenters. The van der Waals surface area contributed by atoms with Crippen molar-refractivity contribution >= 4 is 0 Å². The summed E-state index contributed by atoms with van der Waals surface area (Å²) in [4.78, 5) is 2.19. The van der Waals surface area contributed by atoms with E-state index in [1.807, 2.05) is 25.1 Å². The molecule has 0 aliphatic carbocycles. The zero-order chi connectivity index (χ0) is 12.0. The highest BCUT2D eigenvalue weighted by molar-refractivity contribution is 5.32. The largest absolute Gasteiger partial charge is 0.496 e. The number of hydrogen-bond acceptors (Lipinski definition) is 3. The lowest BCUT2D eigenvalue weighted by Gasteiger charge is -2.21. The Morgan fingerprint density at radius 3 is 2.69 bits per heavy atom. The molecule has 1 rings (SSSR count). The Hall–Kier alpha value is -1.06. The quantitative estimate of drug-likeness (QED) is 0.797. The van der Waals surface area contributed by atoms with Gasteiger partial charge in [-0.2, -0.15) is 0 Å². The van der Waals surface area contributed by atoms with Crippen LogP contribution >= 0.6 is 0 Å². The van der Waals surface area contributed by atoms with Crippen molar-refractivity contribution in [3.8, 4) is 5.75 Å². The third kappa shape index (κ3) is 3.83. The first-order valence-electron chi connectivity index (χ1n) is 5.58. The maximum absolute atomic E-state index is 9.00. The summed E-state index contributed by atoms with van der Waals surface area (Å²) in [5.74, 6) is 1.23. The average Bonchev–Trinajstić information content (AvgIpc) is 2.29. The Morgan fingerprint density at radius 1 is 1.38 bits per heavy atom. The highest BCUT2D eigenvalue weighted by Gasteiger charge is 2.08. The number of hydrogen-bond donors (Lipinski definition) is 1. The highest BCUT2D eigenvalue weighted by Crippen LogP contribution is 2.18. The van der Waals surface area contributed by atoms with Crippen LogP contribution in [0.4, 0.5) is 0 Å². The van der Waals surface area contributed by atoms with Crippen LogP contribution in [0, 0.1) is 5.92 Å². The fourth-order valence-electron chi connectivity index (χ4n) is 1.78. The lowest BCUT2D eigenvalue weighted by Crippen LogP contribution is -2.25. The predicted molar refractivity (Wildman–Crippen MR) is 65.6 cm³/mol. The second kappa shape index (κ2) is 6.51. The molecule has 0 aromatic heterocycles. The number of methoxy groups -OCH3 is 1. The summed E-state index contributed by atoms with van der Waals surface area (Å²) < 4.78 is 5.30. The first-order chi connectivity index (χ1) is 7.67. The molecular weight excluding hydrogens is 202 g/mol. The van der Waals surface area contributed by atoms with Crippen LogP contribution in [0.5, 0.6) is 5.75 Å².